The Morgan fingerprint density at radius 1 is 0.781 bits per heavy atom. The van der Waals surface area contributed by atoms with Crippen molar-refractivity contribution in [2.75, 3.05) is 0 Å². The third-order valence-electron chi connectivity index (χ3n) is 6.32. The smallest absolute Gasteiger partial charge is 0.303 e. The standard InChI is InChI=1S/C14H26N2.C14H28O2/c1-3-5-6-7-8-9-14(4-2)12-16-11-10-15-13-16;1-2-3-4-5-6-7-8-9-10-11-12-13-14(15)16/h10-11,13-14H,3-9,12H2,1-2H3;2-13H2,1H3,(H,15,16). The van der Waals surface area contributed by atoms with E-state index in [0.717, 1.165) is 25.3 Å². The van der Waals surface area contributed by atoms with E-state index in [-0.39, 0.29) is 0 Å². The van der Waals surface area contributed by atoms with E-state index in [4.69, 9.17) is 5.11 Å². The summed E-state index contributed by atoms with van der Waals surface area (Å²) in [5.41, 5.74) is 0. The highest BCUT2D eigenvalue weighted by molar-refractivity contribution is 5.66. The van der Waals surface area contributed by atoms with Crippen molar-refractivity contribution < 1.29 is 9.90 Å². The minimum absolute atomic E-state index is 0.344. The van der Waals surface area contributed by atoms with Gasteiger partial charge in [0.05, 0.1) is 6.33 Å². The van der Waals surface area contributed by atoms with Crippen molar-refractivity contribution in [1.29, 1.82) is 0 Å². The third kappa shape index (κ3) is 21.9. The first-order valence-electron chi connectivity index (χ1n) is 13.8. The van der Waals surface area contributed by atoms with Crippen molar-refractivity contribution in [3.05, 3.63) is 18.7 Å². The lowest BCUT2D eigenvalue weighted by Gasteiger charge is -2.15. The van der Waals surface area contributed by atoms with E-state index < -0.39 is 5.97 Å². The fraction of sp³-hybridized carbons (Fsp3) is 0.857. The van der Waals surface area contributed by atoms with E-state index in [1.54, 1.807) is 0 Å². The van der Waals surface area contributed by atoms with Gasteiger partial charge in [-0.3, -0.25) is 4.79 Å². The summed E-state index contributed by atoms with van der Waals surface area (Å²) in [4.78, 5) is 14.4. The zero-order valence-corrected chi connectivity index (χ0v) is 21.7. The van der Waals surface area contributed by atoms with Crippen LogP contribution in [0.4, 0.5) is 0 Å². The van der Waals surface area contributed by atoms with Crippen LogP contribution in [0.15, 0.2) is 18.7 Å². The Morgan fingerprint density at radius 2 is 1.28 bits per heavy atom. The summed E-state index contributed by atoms with van der Waals surface area (Å²) in [6.07, 6.45) is 29.8. The number of nitrogens with zero attached hydrogens (tertiary/aromatic N) is 2. The minimum atomic E-state index is -0.657. The van der Waals surface area contributed by atoms with Crippen LogP contribution in [0.1, 0.15) is 143 Å². The first-order chi connectivity index (χ1) is 15.6. The van der Waals surface area contributed by atoms with E-state index in [1.807, 2.05) is 12.5 Å². The number of hydrogen-bond donors (Lipinski definition) is 1. The van der Waals surface area contributed by atoms with Gasteiger partial charge < -0.3 is 9.67 Å². The highest BCUT2D eigenvalue weighted by Crippen LogP contribution is 2.16. The zero-order valence-electron chi connectivity index (χ0n) is 21.7. The van der Waals surface area contributed by atoms with Gasteiger partial charge in [0.15, 0.2) is 0 Å². The monoisotopic (exact) mass is 450 g/mol. The molecule has 1 aromatic heterocycles. The van der Waals surface area contributed by atoms with Crippen molar-refractivity contribution in [3.8, 4) is 0 Å². The Bertz CT molecular complexity index is 488. The lowest BCUT2D eigenvalue weighted by atomic mass is 9.98. The largest absolute Gasteiger partial charge is 0.481 e. The maximum absolute atomic E-state index is 10.3. The molecule has 0 aliphatic rings. The summed E-state index contributed by atoms with van der Waals surface area (Å²) in [6, 6.07) is 0. The van der Waals surface area contributed by atoms with Gasteiger partial charge in [-0.15, -0.1) is 0 Å². The molecular formula is C28H54N2O2. The fourth-order valence-electron chi connectivity index (χ4n) is 4.09. The Hall–Kier alpha value is -1.32. The molecule has 4 heteroatoms. The second-order valence-corrected chi connectivity index (χ2v) is 9.42. The number of carbonyl (C=O) groups is 1. The number of hydrogen-bond acceptors (Lipinski definition) is 2. The van der Waals surface area contributed by atoms with Crippen molar-refractivity contribution in [3.63, 3.8) is 0 Å². The summed E-state index contributed by atoms with van der Waals surface area (Å²) >= 11 is 0. The van der Waals surface area contributed by atoms with Crippen LogP contribution < -0.4 is 0 Å². The average Bonchev–Trinajstić information content (AvgIpc) is 3.30. The molecule has 0 bridgehead atoms. The molecule has 32 heavy (non-hydrogen) atoms. The van der Waals surface area contributed by atoms with Gasteiger partial charge in [0, 0.05) is 25.4 Å². The summed E-state index contributed by atoms with van der Waals surface area (Å²) in [5.74, 6) is 0.173. The second kappa shape index (κ2) is 24.3. The number of rotatable bonds is 21. The molecule has 0 saturated carbocycles. The van der Waals surface area contributed by atoms with Crippen molar-refractivity contribution in [1.82, 2.24) is 9.55 Å². The summed E-state index contributed by atoms with van der Waals surface area (Å²) in [6.45, 7) is 7.96. The molecular weight excluding hydrogens is 396 g/mol. The molecule has 0 radical (unpaired) electrons. The summed E-state index contributed by atoms with van der Waals surface area (Å²) in [5, 5.41) is 8.46. The first kappa shape index (κ1) is 30.7. The number of carboxylic acid groups (broad SMARTS) is 1. The molecule has 1 atom stereocenters. The maximum atomic E-state index is 10.3. The number of unbranched alkanes of at least 4 members (excludes halogenated alkanes) is 14. The minimum Gasteiger partial charge on any atom is -0.481 e. The topological polar surface area (TPSA) is 55.1 Å². The highest BCUT2D eigenvalue weighted by atomic mass is 16.4. The lowest BCUT2D eigenvalue weighted by Crippen LogP contribution is -2.08. The number of aliphatic carboxylic acids is 1. The first-order valence-corrected chi connectivity index (χ1v) is 13.8. The Labute approximate surface area is 199 Å². The van der Waals surface area contributed by atoms with Crippen LogP contribution in [0.5, 0.6) is 0 Å². The molecule has 0 fully saturated rings. The van der Waals surface area contributed by atoms with Gasteiger partial charge in [0.2, 0.25) is 0 Å². The Kier molecular flexibility index (Phi) is 23.3. The molecule has 0 saturated heterocycles. The van der Waals surface area contributed by atoms with Gasteiger partial charge in [-0.25, -0.2) is 4.98 Å². The van der Waals surface area contributed by atoms with E-state index in [2.05, 4.69) is 36.5 Å². The van der Waals surface area contributed by atoms with Crippen LogP contribution in [-0.2, 0) is 11.3 Å². The molecule has 0 amide bonds. The Balaban J connectivity index is 0.000000601. The van der Waals surface area contributed by atoms with Gasteiger partial charge in [-0.2, -0.15) is 0 Å². The van der Waals surface area contributed by atoms with Crippen molar-refractivity contribution in [2.45, 2.75) is 149 Å². The maximum Gasteiger partial charge on any atom is 0.303 e. The predicted molar refractivity (Wildman–Crippen MR) is 138 cm³/mol. The number of aromatic nitrogens is 2. The normalized spacial score (nSPS) is 11.7. The molecule has 1 unspecified atom stereocenters. The van der Waals surface area contributed by atoms with E-state index >= 15 is 0 Å². The van der Waals surface area contributed by atoms with Crippen LogP contribution in [0.3, 0.4) is 0 Å². The number of carboxylic acids is 1. The van der Waals surface area contributed by atoms with Crippen molar-refractivity contribution >= 4 is 5.97 Å². The van der Waals surface area contributed by atoms with Crippen LogP contribution in [0.2, 0.25) is 0 Å². The van der Waals surface area contributed by atoms with E-state index in [9.17, 15) is 4.79 Å². The molecule has 1 aromatic rings. The van der Waals surface area contributed by atoms with Crippen LogP contribution in [0.25, 0.3) is 0 Å². The fourth-order valence-corrected chi connectivity index (χ4v) is 4.09. The van der Waals surface area contributed by atoms with Gasteiger partial charge in [-0.1, -0.05) is 124 Å². The molecule has 0 aliphatic carbocycles. The molecule has 4 nitrogen and oxygen atoms in total. The van der Waals surface area contributed by atoms with Crippen LogP contribution in [0, 0.1) is 5.92 Å². The van der Waals surface area contributed by atoms with Crippen LogP contribution >= 0.6 is 0 Å². The molecule has 0 aliphatic heterocycles. The molecule has 0 spiro atoms. The second-order valence-electron chi connectivity index (χ2n) is 9.42. The molecule has 1 rings (SSSR count). The zero-order chi connectivity index (χ0) is 23.7. The van der Waals surface area contributed by atoms with Crippen molar-refractivity contribution in [2.24, 2.45) is 5.92 Å². The SMILES string of the molecule is CCCCCCCC(CC)Cn1ccnc1.CCCCCCCCCCCCCC(=O)O. The molecule has 0 aromatic carbocycles. The summed E-state index contributed by atoms with van der Waals surface area (Å²) < 4.78 is 2.21. The highest BCUT2D eigenvalue weighted by Gasteiger charge is 2.06. The lowest BCUT2D eigenvalue weighted by molar-refractivity contribution is -0.137. The van der Waals surface area contributed by atoms with E-state index in [0.29, 0.717) is 6.42 Å². The van der Waals surface area contributed by atoms with E-state index in [1.165, 1.54) is 103 Å². The predicted octanol–water partition coefficient (Wildman–Crippen LogP) is 9.04. The Morgan fingerprint density at radius 3 is 1.72 bits per heavy atom. The van der Waals surface area contributed by atoms with Gasteiger partial charge in [-0.05, 0) is 18.8 Å². The quantitative estimate of drug-likeness (QED) is 0.190. The molecule has 188 valence electrons. The summed E-state index contributed by atoms with van der Waals surface area (Å²) in [7, 11) is 0. The van der Waals surface area contributed by atoms with Crippen LogP contribution in [-0.4, -0.2) is 20.6 Å². The number of imidazole rings is 1. The van der Waals surface area contributed by atoms with Gasteiger partial charge in [0.1, 0.15) is 0 Å². The van der Waals surface area contributed by atoms with Gasteiger partial charge >= 0.3 is 5.97 Å². The molecule has 1 heterocycles. The third-order valence-corrected chi connectivity index (χ3v) is 6.32. The molecule has 1 N–H and O–H groups in total. The average molecular weight is 451 g/mol. The van der Waals surface area contributed by atoms with Gasteiger partial charge in [0.25, 0.3) is 0 Å².